The molecule has 6 nitrogen and oxygen atoms in total. The normalized spacial score (nSPS) is 10.3. The van der Waals surface area contributed by atoms with E-state index in [9.17, 15) is 9.59 Å². The third-order valence-corrected chi connectivity index (χ3v) is 4.34. The molecule has 2 aromatic heterocycles. The Hall–Kier alpha value is -4.32. The minimum absolute atomic E-state index is 0.407. The summed E-state index contributed by atoms with van der Waals surface area (Å²) in [5.74, 6) is 1.86. The first-order chi connectivity index (χ1) is 14.8. The van der Waals surface area contributed by atoms with Gasteiger partial charge in [0.05, 0.1) is 23.5 Å². The Morgan fingerprint density at radius 3 is 1.47 bits per heavy atom. The van der Waals surface area contributed by atoms with Crippen LogP contribution < -0.4 is 9.47 Å². The van der Waals surface area contributed by atoms with Gasteiger partial charge in [0.2, 0.25) is 0 Å². The van der Waals surface area contributed by atoms with Gasteiger partial charge < -0.3 is 9.47 Å². The van der Waals surface area contributed by atoms with Crippen molar-refractivity contribution in [2.45, 2.75) is 0 Å². The fraction of sp³-hybridized carbons (Fsp3) is 0. The van der Waals surface area contributed by atoms with Crippen LogP contribution >= 0.6 is 0 Å². The topological polar surface area (TPSA) is 78.4 Å². The Morgan fingerprint density at radius 1 is 0.633 bits per heavy atom. The van der Waals surface area contributed by atoms with Crippen molar-refractivity contribution in [1.82, 2.24) is 9.97 Å². The second kappa shape index (κ2) is 8.79. The number of nitrogens with zero attached hydrogens (tertiary/aromatic N) is 2. The summed E-state index contributed by atoms with van der Waals surface area (Å²) < 4.78 is 11.7. The zero-order valence-corrected chi connectivity index (χ0v) is 15.8. The minimum Gasteiger partial charge on any atom is -0.455 e. The highest BCUT2D eigenvalue weighted by atomic mass is 16.5. The van der Waals surface area contributed by atoms with E-state index in [-0.39, 0.29) is 0 Å². The Bertz CT molecular complexity index is 1080. The number of rotatable bonds is 7. The summed E-state index contributed by atoms with van der Waals surface area (Å²) in [6.45, 7) is 0. The van der Waals surface area contributed by atoms with E-state index >= 15 is 0 Å². The molecule has 0 saturated heterocycles. The zero-order valence-electron chi connectivity index (χ0n) is 15.8. The molecule has 2 aromatic carbocycles. The zero-order chi connectivity index (χ0) is 20.8. The van der Waals surface area contributed by atoms with Crippen LogP contribution in [0, 0.1) is 0 Å². The lowest BCUT2D eigenvalue weighted by Gasteiger charge is -2.12. The van der Waals surface area contributed by atoms with Crippen molar-refractivity contribution in [2.75, 3.05) is 0 Å². The Morgan fingerprint density at radius 2 is 1.10 bits per heavy atom. The Balaban J connectivity index is 1.71. The summed E-state index contributed by atoms with van der Waals surface area (Å²) >= 11 is 0. The van der Waals surface area contributed by atoms with Gasteiger partial charge in [-0.05, 0) is 59.7 Å². The molecule has 0 aliphatic rings. The summed E-state index contributed by atoms with van der Waals surface area (Å²) in [4.78, 5) is 30.9. The van der Waals surface area contributed by atoms with Crippen LogP contribution in [0.25, 0.3) is 11.1 Å². The van der Waals surface area contributed by atoms with E-state index in [1.54, 1.807) is 73.3 Å². The molecule has 0 aliphatic carbocycles. The monoisotopic (exact) mass is 396 g/mol. The number of carbonyl (C=O) groups excluding carboxylic acids is 2. The molecule has 0 spiro atoms. The smallest absolute Gasteiger partial charge is 0.153 e. The van der Waals surface area contributed by atoms with Crippen LogP contribution in [-0.4, -0.2) is 22.5 Å². The van der Waals surface area contributed by atoms with Gasteiger partial charge in [0.25, 0.3) is 0 Å². The number of aromatic nitrogens is 2. The maximum Gasteiger partial charge on any atom is 0.153 e. The largest absolute Gasteiger partial charge is 0.455 e. The maximum absolute atomic E-state index is 11.4. The summed E-state index contributed by atoms with van der Waals surface area (Å²) in [6.07, 6.45) is 7.90. The van der Waals surface area contributed by atoms with Gasteiger partial charge >= 0.3 is 0 Å². The van der Waals surface area contributed by atoms with Crippen molar-refractivity contribution < 1.29 is 19.1 Å². The highest BCUT2D eigenvalue weighted by Gasteiger charge is 2.11. The average Bonchev–Trinajstić information content (AvgIpc) is 2.80. The van der Waals surface area contributed by atoms with Crippen LogP contribution in [0.1, 0.15) is 20.7 Å². The van der Waals surface area contributed by atoms with Crippen LogP contribution in [0.4, 0.5) is 0 Å². The van der Waals surface area contributed by atoms with Gasteiger partial charge in [-0.25, -0.2) is 0 Å². The summed E-state index contributed by atoms with van der Waals surface area (Å²) in [7, 11) is 0. The fourth-order valence-corrected chi connectivity index (χ4v) is 2.87. The van der Waals surface area contributed by atoms with Crippen LogP contribution in [0.2, 0.25) is 0 Å². The second-order valence-corrected chi connectivity index (χ2v) is 6.32. The van der Waals surface area contributed by atoms with Gasteiger partial charge in [-0.15, -0.1) is 0 Å². The van der Waals surface area contributed by atoms with Crippen molar-refractivity contribution in [3.05, 3.63) is 96.6 Å². The number of carbonyl (C=O) groups is 2. The van der Waals surface area contributed by atoms with Gasteiger partial charge in [-0.3, -0.25) is 19.6 Å². The van der Waals surface area contributed by atoms with Gasteiger partial charge in [0, 0.05) is 12.4 Å². The molecule has 146 valence electrons. The first kappa shape index (κ1) is 19.0. The molecule has 0 saturated carbocycles. The highest BCUT2D eigenvalue weighted by Crippen LogP contribution is 2.33. The maximum atomic E-state index is 11.4. The number of benzene rings is 2. The molecular weight excluding hydrogens is 380 g/mol. The fourth-order valence-electron chi connectivity index (χ4n) is 2.87. The van der Waals surface area contributed by atoms with E-state index in [4.69, 9.17) is 9.47 Å². The molecule has 6 heteroatoms. The van der Waals surface area contributed by atoms with Crippen molar-refractivity contribution in [2.24, 2.45) is 0 Å². The predicted molar refractivity (Wildman–Crippen MR) is 111 cm³/mol. The van der Waals surface area contributed by atoms with Crippen LogP contribution in [0.3, 0.4) is 0 Å². The molecule has 0 amide bonds. The van der Waals surface area contributed by atoms with Crippen LogP contribution in [0.15, 0.2) is 85.5 Å². The quantitative estimate of drug-likeness (QED) is 0.392. The standard InChI is InChI=1S/C24H16N2O4/c27-15-19-7-5-17(11-23(19)29-21-3-1-9-25-13-21)18-6-8-20(16-28)24(12-18)30-22-4-2-10-26-14-22/h1-16H. The summed E-state index contributed by atoms with van der Waals surface area (Å²) in [5.41, 5.74) is 2.43. The van der Waals surface area contributed by atoms with Crippen molar-refractivity contribution >= 4 is 12.6 Å². The first-order valence-electron chi connectivity index (χ1n) is 9.11. The van der Waals surface area contributed by atoms with E-state index in [0.717, 1.165) is 23.7 Å². The molecule has 0 bridgehead atoms. The highest BCUT2D eigenvalue weighted by molar-refractivity contribution is 5.84. The molecule has 4 rings (SSSR count). The number of hydrogen-bond acceptors (Lipinski definition) is 6. The lowest BCUT2D eigenvalue weighted by Crippen LogP contribution is -1.94. The summed E-state index contributed by atoms with van der Waals surface area (Å²) in [5, 5.41) is 0. The van der Waals surface area contributed by atoms with E-state index in [1.807, 2.05) is 12.1 Å². The van der Waals surface area contributed by atoms with Crippen molar-refractivity contribution in [3.8, 4) is 34.1 Å². The van der Waals surface area contributed by atoms with Crippen molar-refractivity contribution in [3.63, 3.8) is 0 Å². The lowest BCUT2D eigenvalue weighted by molar-refractivity contribution is 0.111. The first-order valence-corrected chi connectivity index (χ1v) is 9.11. The molecule has 0 atom stereocenters. The molecule has 0 radical (unpaired) electrons. The van der Waals surface area contributed by atoms with E-state index in [0.29, 0.717) is 34.1 Å². The molecule has 0 fully saturated rings. The SMILES string of the molecule is O=Cc1ccc(-c2ccc(C=O)c(Oc3cccnc3)c2)cc1Oc1cccnc1. The molecule has 0 unspecified atom stereocenters. The molecule has 0 aliphatic heterocycles. The second-order valence-electron chi connectivity index (χ2n) is 6.32. The third kappa shape index (κ3) is 4.23. The number of pyridine rings is 2. The van der Waals surface area contributed by atoms with E-state index in [1.165, 1.54) is 0 Å². The van der Waals surface area contributed by atoms with E-state index < -0.39 is 0 Å². The number of ether oxygens (including phenoxy) is 2. The van der Waals surface area contributed by atoms with Gasteiger partial charge in [0.1, 0.15) is 23.0 Å². The Labute approximate surface area is 172 Å². The van der Waals surface area contributed by atoms with Gasteiger partial charge in [-0.2, -0.15) is 0 Å². The molecule has 2 heterocycles. The van der Waals surface area contributed by atoms with Gasteiger partial charge in [-0.1, -0.05) is 12.1 Å². The van der Waals surface area contributed by atoms with Crippen LogP contribution in [-0.2, 0) is 0 Å². The van der Waals surface area contributed by atoms with Crippen molar-refractivity contribution in [1.29, 1.82) is 0 Å². The molecule has 0 N–H and O–H groups in total. The van der Waals surface area contributed by atoms with E-state index in [2.05, 4.69) is 9.97 Å². The third-order valence-electron chi connectivity index (χ3n) is 4.34. The Kier molecular flexibility index (Phi) is 5.57. The molecular formula is C24H16N2O4. The number of hydrogen-bond donors (Lipinski definition) is 0. The van der Waals surface area contributed by atoms with Gasteiger partial charge in [0.15, 0.2) is 12.6 Å². The molecule has 4 aromatic rings. The molecule has 30 heavy (non-hydrogen) atoms. The van der Waals surface area contributed by atoms with Crippen LogP contribution in [0.5, 0.6) is 23.0 Å². The summed E-state index contributed by atoms with van der Waals surface area (Å²) in [6, 6.07) is 17.5. The minimum atomic E-state index is 0.407. The number of aldehydes is 2. The predicted octanol–water partition coefficient (Wildman–Crippen LogP) is 5.35. The lowest BCUT2D eigenvalue weighted by atomic mass is 10.0. The average molecular weight is 396 g/mol.